The molecular weight excluding hydrogens is 216 g/mol. The van der Waals surface area contributed by atoms with E-state index in [0.717, 1.165) is 26.1 Å². The predicted molar refractivity (Wildman–Crippen MR) is 66.6 cm³/mol. The van der Waals surface area contributed by atoms with Crippen molar-refractivity contribution in [3.05, 3.63) is 18.0 Å². The van der Waals surface area contributed by atoms with Crippen molar-refractivity contribution < 1.29 is 4.74 Å². The summed E-state index contributed by atoms with van der Waals surface area (Å²) in [4.78, 5) is 2.41. The number of aromatic nitrogens is 2. The number of nitrogens with zero attached hydrogens (tertiary/aromatic N) is 3. The van der Waals surface area contributed by atoms with Crippen molar-refractivity contribution in [2.24, 2.45) is 12.8 Å². The van der Waals surface area contributed by atoms with E-state index >= 15 is 0 Å². The summed E-state index contributed by atoms with van der Waals surface area (Å²) in [6, 6.07) is 2.53. The Balaban J connectivity index is 2.16. The lowest BCUT2D eigenvalue weighted by molar-refractivity contribution is 0.0810. The summed E-state index contributed by atoms with van der Waals surface area (Å²) in [5.41, 5.74) is 7.48. The quantitative estimate of drug-likeness (QED) is 0.831. The van der Waals surface area contributed by atoms with Gasteiger partial charge >= 0.3 is 0 Å². The highest BCUT2D eigenvalue weighted by atomic mass is 16.5. The normalized spacial score (nSPS) is 26.3. The van der Waals surface area contributed by atoms with Crippen LogP contribution < -0.4 is 5.73 Å². The van der Waals surface area contributed by atoms with Gasteiger partial charge in [-0.2, -0.15) is 5.10 Å². The Kier molecular flexibility index (Phi) is 4.15. The van der Waals surface area contributed by atoms with E-state index in [-0.39, 0.29) is 12.1 Å². The van der Waals surface area contributed by atoms with Crippen molar-refractivity contribution in [1.82, 2.24) is 14.7 Å². The van der Waals surface area contributed by atoms with Crippen LogP contribution >= 0.6 is 0 Å². The molecule has 5 heteroatoms. The third-order valence-corrected chi connectivity index (χ3v) is 3.53. The molecule has 96 valence electrons. The molecule has 5 nitrogen and oxygen atoms in total. The standard InChI is InChI=1S/C12H22N4O/c1-15-11(5-6-14-15)12-10(13)4-3-7-16(12)8-9-17-2/h5-6,10,12H,3-4,7-9,13H2,1-2H3. The van der Waals surface area contributed by atoms with E-state index in [9.17, 15) is 0 Å². The van der Waals surface area contributed by atoms with E-state index in [1.807, 2.05) is 17.9 Å². The lowest BCUT2D eigenvalue weighted by Crippen LogP contribution is -2.47. The van der Waals surface area contributed by atoms with Crippen LogP contribution in [0.3, 0.4) is 0 Å². The Bertz CT molecular complexity index is 352. The highest BCUT2D eigenvalue weighted by molar-refractivity contribution is 5.11. The van der Waals surface area contributed by atoms with Crippen LogP contribution in [0.1, 0.15) is 24.6 Å². The summed E-state index contributed by atoms with van der Waals surface area (Å²) in [6.45, 7) is 2.77. The van der Waals surface area contributed by atoms with E-state index in [2.05, 4.69) is 16.1 Å². The molecule has 0 aromatic carbocycles. The van der Waals surface area contributed by atoms with Crippen LogP contribution in [0.2, 0.25) is 0 Å². The SMILES string of the molecule is COCCN1CCCC(N)C1c1ccnn1C. The number of hydrogen-bond donors (Lipinski definition) is 1. The fraction of sp³-hybridized carbons (Fsp3) is 0.750. The molecule has 0 amide bonds. The summed E-state index contributed by atoms with van der Waals surface area (Å²) in [6.07, 6.45) is 4.09. The van der Waals surface area contributed by atoms with E-state index < -0.39 is 0 Å². The smallest absolute Gasteiger partial charge is 0.0671 e. The molecule has 2 N–H and O–H groups in total. The van der Waals surface area contributed by atoms with Crippen LogP contribution in [0.4, 0.5) is 0 Å². The van der Waals surface area contributed by atoms with Gasteiger partial charge in [0.05, 0.1) is 18.3 Å². The van der Waals surface area contributed by atoms with E-state index in [1.165, 1.54) is 12.1 Å². The summed E-state index contributed by atoms with van der Waals surface area (Å²) < 4.78 is 7.10. The van der Waals surface area contributed by atoms with Gasteiger partial charge in [0.2, 0.25) is 0 Å². The van der Waals surface area contributed by atoms with E-state index in [4.69, 9.17) is 10.5 Å². The molecule has 1 aromatic rings. The molecule has 0 bridgehead atoms. The number of nitrogens with two attached hydrogens (primary N) is 1. The molecule has 1 fully saturated rings. The summed E-state index contributed by atoms with van der Waals surface area (Å²) >= 11 is 0. The number of methoxy groups -OCH3 is 1. The fourth-order valence-corrected chi connectivity index (χ4v) is 2.64. The largest absolute Gasteiger partial charge is 0.383 e. The van der Waals surface area contributed by atoms with Gasteiger partial charge in [-0.05, 0) is 25.5 Å². The van der Waals surface area contributed by atoms with Gasteiger partial charge in [0, 0.05) is 32.9 Å². The first-order chi connectivity index (χ1) is 8.24. The second-order valence-electron chi connectivity index (χ2n) is 4.66. The molecule has 2 atom stereocenters. The Hall–Kier alpha value is -0.910. The number of rotatable bonds is 4. The minimum atomic E-state index is 0.191. The van der Waals surface area contributed by atoms with Gasteiger partial charge in [-0.25, -0.2) is 0 Å². The minimum absolute atomic E-state index is 0.191. The maximum Gasteiger partial charge on any atom is 0.0671 e. The molecule has 17 heavy (non-hydrogen) atoms. The second-order valence-corrected chi connectivity index (χ2v) is 4.66. The molecule has 2 heterocycles. The molecule has 1 aliphatic heterocycles. The molecule has 2 rings (SSSR count). The highest BCUT2D eigenvalue weighted by Crippen LogP contribution is 2.29. The number of likely N-dealkylation sites (tertiary alicyclic amines) is 1. The Morgan fingerprint density at radius 2 is 2.41 bits per heavy atom. The van der Waals surface area contributed by atoms with Gasteiger partial charge in [-0.1, -0.05) is 0 Å². The second kappa shape index (κ2) is 5.62. The third kappa shape index (κ3) is 2.68. The molecule has 1 saturated heterocycles. The maximum atomic E-state index is 6.28. The van der Waals surface area contributed by atoms with Crippen LogP contribution in [0.25, 0.3) is 0 Å². The molecule has 0 radical (unpaired) electrons. The molecule has 0 aliphatic carbocycles. The number of hydrogen-bond acceptors (Lipinski definition) is 4. The number of aryl methyl sites for hydroxylation is 1. The first-order valence-electron chi connectivity index (χ1n) is 6.20. The van der Waals surface area contributed by atoms with Gasteiger partial charge in [-0.15, -0.1) is 0 Å². The molecule has 0 spiro atoms. The van der Waals surface area contributed by atoms with Crippen LogP contribution in [-0.4, -0.2) is 47.5 Å². The van der Waals surface area contributed by atoms with Gasteiger partial charge in [0.15, 0.2) is 0 Å². The summed E-state index contributed by atoms with van der Waals surface area (Å²) in [5, 5.41) is 4.24. The van der Waals surface area contributed by atoms with Crippen molar-refractivity contribution in [2.75, 3.05) is 26.8 Å². The molecule has 1 aromatic heterocycles. The fourth-order valence-electron chi connectivity index (χ4n) is 2.64. The van der Waals surface area contributed by atoms with Gasteiger partial charge in [0.25, 0.3) is 0 Å². The van der Waals surface area contributed by atoms with Crippen molar-refractivity contribution in [1.29, 1.82) is 0 Å². The van der Waals surface area contributed by atoms with Crippen molar-refractivity contribution in [3.8, 4) is 0 Å². The van der Waals surface area contributed by atoms with Crippen molar-refractivity contribution >= 4 is 0 Å². The Morgan fingerprint density at radius 3 is 3.06 bits per heavy atom. The number of piperidine rings is 1. The first kappa shape index (κ1) is 12.5. The van der Waals surface area contributed by atoms with Crippen LogP contribution in [0, 0.1) is 0 Å². The highest BCUT2D eigenvalue weighted by Gasteiger charge is 2.31. The molecular formula is C12H22N4O. The first-order valence-corrected chi connectivity index (χ1v) is 6.20. The maximum absolute atomic E-state index is 6.28. The molecule has 2 unspecified atom stereocenters. The van der Waals surface area contributed by atoms with Gasteiger partial charge in [0.1, 0.15) is 0 Å². The van der Waals surface area contributed by atoms with E-state index in [0.29, 0.717) is 0 Å². The predicted octanol–water partition coefficient (Wildman–Crippen LogP) is 0.531. The number of ether oxygens (including phenoxy) is 1. The summed E-state index contributed by atoms with van der Waals surface area (Å²) in [5.74, 6) is 0. The minimum Gasteiger partial charge on any atom is -0.383 e. The third-order valence-electron chi connectivity index (χ3n) is 3.53. The van der Waals surface area contributed by atoms with E-state index in [1.54, 1.807) is 7.11 Å². The van der Waals surface area contributed by atoms with Crippen LogP contribution in [0.5, 0.6) is 0 Å². The topological polar surface area (TPSA) is 56.3 Å². The zero-order chi connectivity index (χ0) is 12.3. The zero-order valence-corrected chi connectivity index (χ0v) is 10.7. The Morgan fingerprint density at radius 1 is 1.59 bits per heavy atom. The molecule has 0 saturated carbocycles. The lowest BCUT2D eigenvalue weighted by atomic mass is 9.94. The van der Waals surface area contributed by atoms with Gasteiger partial charge < -0.3 is 10.5 Å². The van der Waals surface area contributed by atoms with Crippen LogP contribution in [0.15, 0.2) is 12.3 Å². The summed E-state index contributed by atoms with van der Waals surface area (Å²) in [7, 11) is 3.72. The Labute approximate surface area is 103 Å². The lowest BCUT2D eigenvalue weighted by Gasteiger charge is -2.39. The monoisotopic (exact) mass is 238 g/mol. The van der Waals surface area contributed by atoms with Crippen LogP contribution in [-0.2, 0) is 11.8 Å². The zero-order valence-electron chi connectivity index (χ0n) is 10.7. The van der Waals surface area contributed by atoms with Crippen molar-refractivity contribution in [2.45, 2.75) is 24.9 Å². The van der Waals surface area contributed by atoms with Crippen molar-refractivity contribution in [3.63, 3.8) is 0 Å². The average molecular weight is 238 g/mol. The average Bonchev–Trinajstić information content (AvgIpc) is 2.73. The molecule has 1 aliphatic rings. The van der Waals surface area contributed by atoms with Gasteiger partial charge in [-0.3, -0.25) is 9.58 Å².